The van der Waals surface area contributed by atoms with Gasteiger partial charge in [0.25, 0.3) is 0 Å². The lowest BCUT2D eigenvalue weighted by Crippen LogP contribution is -2.45. The Labute approximate surface area is 145 Å². The van der Waals surface area contributed by atoms with Gasteiger partial charge in [-0.3, -0.25) is 9.59 Å². The van der Waals surface area contributed by atoms with E-state index in [0.29, 0.717) is 12.0 Å². The molecule has 0 fully saturated rings. The molecule has 2 aromatic carbocycles. The molecule has 0 unspecified atom stereocenters. The molecule has 0 aliphatic carbocycles. The minimum atomic E-state index is -1.41. The van der Waals surface area contributed by atoms with Crippen molar-refractivity contribution >= 4 is 17.5 Å². The standard InChI is InChI=1S/C19H20F2N2O2/c1-19(2,18(25)23-16-10-6-5-9-15(16)21)17(24)22-12-11-13-7-3-4-8-14(13)20/h3-10H,11-12H2,1-2H3,(H,22,24)(H,23,25). The number of halogens is 2. The molecule has 0 aliphatic rings. The van der Waals surface area contributed by atoms with Crippen LogP contribution in [0.4, 0.5) is 14.5 Å². The second kappa shape index (κ2) is 7.88. The first-order valence-corrected chi connectivity index (χ1v) is 7.90. The molecular formula is C19H20F2N2O2. The van der Waals surface area contributed by atoms with Crippen molar-refractivity contribution in [1.29, 1.82) is 0 Å². The predicted octanol–water partition coefficient (Wildman–Crippen LogP) is 3.29. The highest BCUT2D eigenvalue weighted by Crippen LogP contribution is 2.20. The van der Waals surface area contributed by atoms with Crippen molar-refractivity contribution in [2.75, 3.05) is 11.9 Å². The molecule has 0 spiro atoms. The first-order valence-electron chi connectivity index (χ1n) is 7.90. The van der Waals surface area contributed by atoms with Crippen LogP contribution in [0, 0.1) is 17.0 Å². The maximum atomic E-state index is 13.6. The zero-order valence-corrected chi connectivity index (χ0v) is 14.1. The first kappa shape index (κ1) is 18.6. The smallest absolute Gasteiger partial charge is 0.239 e. The minimum absolute atomic E-state index is 0.0136. The van der Waals surface area contributed by atoms with Gasteiger partial charge >= 0.3 is 0 Å². The zero-order valence-electron chi connectivity index (χ0n) is 14.1. The van der Waals surface area contributed by atoms with E-state index >= 15 is 0 Å². The van der Waals surface area contributed by atoms with E-state index < -0.39 is 23.0 Å². The number of nitrogens with one attached hydrogen (secondary N) is 2. The number of hydrogen-bond donors (Lipinski definition) is 2. The Morgan fingerprint density at radius 1 is 0.920 bits per heavy atom. The van der Waals surface area contributed by atoms with Gasteiger partial charge in [-0.05, 0) is 44.0 Å². The SMILES string of the molecule is CC(C)(C(=O)NCCc1ccccc1F)C(=O)Nc1ccccc1F. The molecule has 0 aliphatic heterocycles. The predicted molar refractivity (Wildman–Crippen MR) is 91.9 cm³/mol. The highest BCUT2D eigenvalue weighted by Gasteiger charge is 2.36. The quantitative estimate of drug-likeness (QED) is 0.789. The average Bonchev–Trinajstić information content (AvgIpc) is 2.58. The summed E-state index contributed by atoms with van der Waals surface area (Å²) in [6.07, 6.45) is 0.309. The molecule has 0 saturated heterocycles. The van der Waals surface area contributed by atoms with Crippen LogP contribution >= 0.6 is 0 Å². The Morgan fingerprint density at radius 2 is 1.52 bits per heavy atom. The molecule has 0 radical (unpaired) electrons. The molecule has 6 heteroatoms. The number of para-hydroxylation sites is 1. The fourth-order valence-electron chi connectivity index (χ4n) is 2.18. The van der Waals surface area contributed by atoms with Gasteiger partial charge in [-0.2, -0.15) is 0 Å². The van der Waals surface area contributed by atoms with Gasteiger partial charge in [-0.25, -0.2) is 8.78 Å². The van der Waals surface area contributed by atoms with E-state index in [0.717, 1.165) is 0 Å². The van der Waals surface area contributed by atoms with E-state index in [1.165, 1.54) is 38.1 Å². The molecule has 0 aromatic heterocycles. The third-order valence-corrected chi connectivity index (χ3v) is 3.90. The van der Waals surface area contributed by atoms with Gasteiger partial charge < -0.3 is 10.6 Å². The minimum Gasteiger partial charge on any atom is -0.355 e. The molecule has 132 valence electrons. The van der Waals surface area contributed by atoms with E-state index in [9.17, 15) is 18.4 Å². The number of carbonyl (C=O) groups excluding carboxylic acids is 2. The van der Waals surface area contributed by atoms with Crippen LogP contribution in [0.3, 0.4) is 0 Å². The van der Waals surface area contributed by atoms with Crippen molar-refractivity contribution < 1.29 is 18.4 Å². The molecule has 0 atom stereocenters. The molecule has 2 N–H and O–H groups in total. The van der Waals surface area contributed by atoms with E-state index in [-0.39, 0.29) is 18.0 Å². The summed E-state index contributed by atoms with van der Waals surface area (Å²) in [6, 6.07) is 12.0. The molecule has 2 rings (SSSR count). The number of carbonyl (C=O) groups is 2. The molecule has 0 heterocycles. The largest absolute Gasteiger partial charge is 0.355 e. The molecule has 0 bridgehead atoms. The Bertz CT molecular complexity index is 776. The number of hydrogen-bond acceptors (Lipinski definition) is 2. The van der Waals surface area contributed by atoms with Crippen molar-refractivity contribution in [3.05, 3.63) is 65.7 Å². The van der Waals surface area contributed by atoms with Crippen LogP contribution in [0.25, 0.3) is 0 Å². The summed E-state index contributed by atoms with van der Waals surface area (Å²) in [6.45, 7) is 3.08. The van der Waals surface area contributed by atoms with Crippen LogP contribution in [0.1, 0.15) is 19.4 Å². The summed E-state index contributed by atoms with van der Waals surface area (Å²) in [5, 5.41) is 5.03. The Morgan fingerprint density at radius 3 is 2.16 bits per heavy atom. The highest BCUT2D eigenvalue weighted by molar-refractivity contribution is 6.09. The molecule has 2 amide bonds. The number of benzene rings is 2. The zero-order chi connectivity index (χ0) is 18.4. The molecule has 2 aromatic rings. The second-order valence-corrected chi connectivity index (χ2v) is 6.16. The summed E-state index contributed by atoms with van der Waals surface area (Å²) in [5.41, 5.74) is -0.909. The van der Waals surface area contributed by atoms with E-state index in [2.05, 4.69) is 10.6 Å². The van der Waals surface area contributed by atoms with Gasteiger partial charge in [0.05, 0.1) is 5.69 Å². The van der Waals surface area contributed by atoms with E-state index in [1.54, 1.807) is 24.3 Å². The Balaban J connectivity index is 1.94. The van der Waals surface area contributed by atoms with Crippen LogP contribution in [-0.2, 0) is 16.0 Å². The van der Waals surface area contributed by atoms with E-state index in [4.69, 9.17) is 0 Å². The van der Waals surface area contributed by atoms with Crippen LogP contribution in [0.5, 0.6) is 0 Å². The molecule has 0 saturated carbocycles. The normalized spacial score (nSPS) is 11.0. The lowest BCUT2D eigenvalue weighted by molar-refractivity contribution is -0.138. The van der Waals surface area contributed by atoms with Gasteiger partial charge in [-0.1, -0.05) is 30.3 Å². The third-order valence-electron chi connectivity index (χ3n) is 3.90. The molecule has 4 nitrogen and oxygen atoms in total. The number of rotatable bonds is 6. The fourth-order valence-corrected chi connectivity index (χ4v) is 2.18. The monoisotopic (exact) mass is 346 g/mol. The van der Waals surface area contributed by atoms with E-state index in [1.807, 2.05) is 0 Å². The second-order valence-electron chi connectivity index (χ2n) is 6.16. The van der Waals surface area contributed by atoms with Gasteiger partial charge in [0.15, 0.2) is 0 Å². The maximum Gasteiger partial charge on any atom is 0.239 e. The van der Waals surface area contributed by atoms with Crippen molar-refractivity contribution in [2.45, 2.75) is 20.3 Å². The lowest BCUT2D eigenvalue weighted by Gasteiger charge is -2.23. The van der Waals surface area contributed by atoms with Gasteiger partial charge in [0, 0.05) is 6.54 Å². The average molecular weight is 346 g/mol. The number of anilines is 1. The van der Waals surface area contributed by atoms with Crippen LogP contribution in [0.15, 0.2) is 48.5 Å². The summed E-state index contributed by atoms with van der Waals surface area (Å²) in [7, 11) is 0. The first-order chi connectivity index (χ1) is 11.8. The van der Waals surface area contributed by atoms with Crippen molar-refractivity contribution in [2.24, 2.45) is 5.41 Å². The maximum absolute atomic E-state index is 13.6. The van der Waals surface area contributed by atoms with Crippen molar-refractivity contribution in [1.82, 2.24) is 5.32 Å². The summed E-state index contributed by atoms with van der Waals surface area (Å²) in [5.74, 6) is -2.06. The van der Waals surface area contributed by atoms with Crippen molar-refractivity contribution in [3.63, 3.8) is 0 Å². The van der Waals surface area contributed by atoms with Gasteiger partial charge in [-0.15, -0.1) is 0 Å². The summed E-state index contributed by atoms with van der Waals surface area (Å²) < 4.78 is 27.2. The molecular weight excluding hydrogens is 326 g/mol. The third kappa shape index (κ3) is 4.62. The molecule has 25 heavy (non-hydrogen) atoms. The summed E-state index contributed by atoms with van der Waals surface area (Å²) in [4.78, 5) is 24.6. The van der Waals surface area contributed by atoms with Gasteiger partial charge in [0.2, 0.25) is 11.8 Å². The highest BCUT2D eigenvalue weighted by atomic mass is 19.1. The fraction of sp³-hybridized carbons (Fsp3) is 0.263. The topological polar surface area (TPSA) is 58.2 Å². The Hall–Kier alpha value is -2.76. The van der Waals surface area contributed by atoms with Gasteiger partial charge in [0.1, 0.15) is 17.0 Å². The van der Waals surface area contributed by atoms with Crippen LogP contribution in [0.2, 0.25) is 0 Å². The van der Waals surface area contributed by atoms with Crippen molar-refractivity contribution in [3.8, 4) is 0 Å². The van der Waals surface area contributed by atoms with Crippen LogP contribution in [-0.4, -0.2) is 18.4 Å². The Kier molecular flexibility index (Phi) is 5.85. The summed E-state index contributed by atoms with van der Waals surface area (Å²) >= 11 is 0. The number of amides is 2. The van der Waals surface area contributed by atoms with Crippen LogP contribution < -0.4 is 10.6 Å². The lowest BCUT2D eigenvalue weighted by atomic mass is 9.90.